The van der Waals surface area contributed by atoms with Crippen molar-refractivity contribution >= 4 is 17.7 Å². The van der Waals surface area contributed by atoms with Gasteiger partial charge in [-0.3, -0.25) is 9.36 Å². The zero-order chi connectivity index (χ0) is 21.6. The Hall–Kier alpha value is -3.04. The number of hydrogen-bond donors (Lipinski definition) is 0. The van der Waals surface area contributed by atoms with E-state index in [1.807, 2.05) is 58.0 Å². The monoisotopic (exact) mass is 440 g/mol. The first-order valence-electron chi connectivity index (χ1n) is 9.92. The van der Waals surface area contributed by atoms with E-state index in [1.54, 1.807) is 14.2 Å². The molecule has 0 atom stereocenters. The van der Waals surface area contributed by atoms with E-state index in [2.05, 4.69) is 10.2 Å². The number of hydrogen-bond acceptors (Lipinski definition) is 7. The average Bonchev–Trinajstić information content (AvgIpc) is 3.27. The minimum atomic E-state index is 0.0699. The average molecular weight is 441 g/mol. The number of carbonyl (C=O) groups excluding carboxylic acids is 1. The number of thioether (sulfide) groups is 1. The van der Waals surface area contributed by atoms with E-state index >= 15 is 0 Å². The number of nitrogens with zero attached hydrogens (tertiary/aromatic N) is 4. The van der Waals surface area contributed by atoms with E-state index in [9.17, 15) is 4.79 Å². The van der Waals surface area contributed by atoms with Crippen LogP contribution < -0.4 is 9.47 Å². The Kier molecular flexibility index (Phi) is 6.73. The molecule has 4 rings (SSSR count). The van der Waals surface area contributed by atoms with Gasteiger partial charge < -0.3 is 19.1 Å². The molecule has 0 unspecified atom stereocenters. The third kappa shape index (κ3) is 4.83. The van der Waals surface area contributed by atoms with Crippen LogP contribution in [-0.4, -0.2) is 71.8 Å². The first-order valence-corrected chi connectivity index (χ1v) is 10.9. The summed E-state index contributed by atoms with van der Waals surface area (Å²) in [6.07, 6.45) is 0. The smallest absolute Gasteiger partial charge is 0.233 e. The topological polar surface area (TPSA) is 78.7 Å². The van der Waals surface area contributed by atoms with Crippen molar-refractivity contribution < 1.29 is 19.0 Å². The standard InChI is InChI=1S/C22H24N4O4S/c1-28-18-8-6-17(7-9-18)26-21(16-4-3-5-19(14-16)29-2)23-24-22(26)31-15-20(27)25-10-12-30-13-11-25/h3-9,14H,10-13,15H2,1-2H3. The number of carbonyl (C=O) groups is 1. The summed E-state index contributed by atoms with van der Waals surface area (Å²) in [6.45, 7) is 2.41. The Labute approximate surface area is 185 Å². The highest BCUT2D eigenvalue weighted by atomic mass is 32.2. The number of morpholine rings is 1. The molecule has 0 bridgehead atoms. The maximum absolute atomic E-state index is 12.6. The number of amides is 1. The van der Waals surface area contributed by atoms with Crippen LogP contribution in [0.2, 0.25) is 0 Å². The summed E-state index contributed by atoms with van der Waals surface area (Å²) >= 11 is 1.37. The van der Waals surface area contributed by atoms with Gasteiger partial charge in [0.25, 0.3) is 0 Å². The van der Waals surface area contributed by atoms with E-state index < -0.39 is 0 Å². The summed E-state index contributed by atoms with van der Waals surface area (Å²) in [4.78, 5) is 14.4. The Bertz CT molecular complexity index is 1030. The Morgan fingerprint density at radius 1 is 1.03 bits per heavy atom. The van der Waals surface area contributed by atoms with Crippen LogP contribution in [0.25, 0.3) is 17.1 Å². The molecule has 1 aliphatic heterocycles. The third-order valence-corrected chi connectivity index (χ3v) is 5.89. The molecule has 2 aromatic carbocycles. The number of methoxy groups -OCH3 is 2. The van der Waals surface area contributed by atoms with Crippen LogP contribution in [0.3, 0.4) is 0 Å². The molecule has 1 amide bonds. The minimum Gasteiger partial charge on any atom is -0.497 e. The minimum absolute atomic E-state index is 0.0699. The lowest BCUT2D eigenvalue weighted by molar-refractivity contribution is -0.132. The normalized spacial score (nSPS) is 13.8. The molecule has 2 heterocycles. The van der Waals surface area contributed by atoms with Gasteiger partial charge in [-0.15, -0.1) is 10.2 Å². The molecular weight excluding hydrogens is 416 g/mol. The van der Waals surface area contributed by atoms with Crippen LogP contribution in [0.15, 0.2) is 53.7 Å². The molecule has 1 aromatic heterocycles. The number of ether oxygens (including phenoxy) is 3. The molecule has 0 saturated carbocycles. The quantitative estimate of drug-likeness (QED) is 0.523. The van der Waals surface area contributed by atoms with Crippen molar-refractivity contribution in [1.29, 1.82) is 0 Å². The zero-order valence-corrected chi connectivity index (χ0v) is 18.3. The molecule has 31 heavy (non-hydrogen) atoms. The summed E-state index contributed by atoms with van der Waals surface area (Å²) in [6, 6.07) is 15.3. The molecule has 8 nitrogen and oxygen atoms in total. The van der Waals surface area contributed by atoms with Gasteiger partial charge in [-0.1, -0.05) is 23.9 Å². The van der Waals surface area contributed by atoms with Crippen LogP contribution in [0.1, 0.15) is 0 Å². The lowest BCUT2D eigenvalue weighted by atomic mass is 10.2. The molecule has 1 fully saturated rings. The predicted molar refractivity (Wildman–Crippen MR) is 118 cm³/mol. The van der Waals surface area contributed by atoms with Gasteiger partial charge in [-0.25, -0.2) is 0 Å². The van der Waals surface area contributed by atoms with Crippen molar-refractivity contribution in [3.8, 4) is 28.6 Å². The largest absolute Gasteiger partial charge is 0.497 e. The van der Waals surface area contributed by atoms with E-state index in [0.717, 1.165) is 22.7 Å². The zero-order valence-electron chi connectivity index (χ0n) is 17.5. The Morgan fingerprint density at radius 3 is 2.48 bits per heavy atom. The molecule has 1 aliphatic rings. The fraction of sp³-hybridized carbons (Fsp3) is 0.318. The van der Waals surface area contributed by atoms with Crippen LogP contribution in [0.4, 0.5) is 0 Å². The second kappa shape index (κ2) is 9.84. The van der Waals surface area contributed by atoms with E-state index in [4.69, 9.17) is 14.2 Å². The number of benzene rings is 2. The Balaban J connectivity index is 1.65. The van der Waals surface area contributed by atoms with E-state index in [-0.39, 0.29) is 11.7 Å². The SMILES string of the molecule is COc1ccc(-n2c(SCC(=O)N3CCOCC3)nnc2-c2cccc(OC)c2)cc1. The summed E-state index contributed by atoms with van der Waals surface area (Å²) in [5.41, 5.74) is 1.75. The van der Waals surface area contributed by atoms with Crippen LogP contribution in [0, 0.1) is 0 Å². The summed E-state index contributed by atoms with van der Waals surface area (Å²) < 4.78 is 17.9. The van der Waals surface area contributed by atoms with Gasteiger partial charge in [-0.05, 0) is 36.4 Å². The molecular formula is C22H24N4O4S. The summed E-state index contributed by atoms with van der Waals surface area (Å²) in [5.74, 6) is 2.52. The van der Waals surface area contributed by atoms with Crippen LogP contribution in [-0.2, 0) is 9.53 Å². The predicted octanol–water partition coefficient (Wildman–Crippen LogP) is 2.90. The van der Waals surface area contributed by atoms with Crippen molar-refractivity contribution in [2.45, 2.75) is 5.16 Å². The highest BCUT2D eigenvalue weighted by Gasteiger charge is 2.21. The maximum Gasteiger partial charge on any atom is 0.233 e. The molecule has 1 saturated heterocycles. The molecule has 0 aliphatic carbocycles. The fourth-order valence-corrected chi connectivity index (χ4v) is 4.16. The van der Waals surface area contributed by atoms with Crippen molar-refractivity contribution in [3.05, 3.63) is 48.5 Å². The highest BCUT2D eigenvalue weighted by molar-refractivity contribution is 7.99. The van der Waals surface area contributed by atoms with E-state index in [1.165, 1.54) is 11.8 Å². The molecule has 0 N–H and O–H groups in total. The van der Waals surface area contributed by atoms with Gasteiger partial charge in [0.15, 0.2) is 11.0 Å². The van der Waals surface area contributed by atoms with Gasteiger partial charge in [0.1, 0.15) is 11.5 Å². The van der Waals surface area contributed by atoms with Gasteiger partial charge in [0, 0.05) is 24.3 Å². The van der Waals surface area contributed by atoms with Crippen molar-refractivity contribution in [1.82, 2.24) is 19.7 Å². The van der Waals surface area contributed by atoms with Crippen LogP contribution in [0.5, 0.6) is 11.5 Å². The van der Waals surface area contributed by atoms with Crippen LogP contribution >= 0.6 is 11.8 Å². The van der Waals surface area contributed by atoms with Crippen molar-refractivity contribution in [2.75, 3.05) is 46.3 Å². The van der Waals surface area contributed by atoms with Gasteiger partial charge >= 0.3 is 0 Å². The highest BCUT2D eigenvalue weighted by Crippen LogP contribution is 2.30. The Morgan fingerprint density at radius 2 is 1.77 bits per heavy atom. The fourth-order valence-electron chi connectivity index (χ4n) is 3.31. The van der Waals surface area contributed by atoms with Gasteiger partial charge in [0.05, 0.1) is 33.2 Å². The van der Waals surface area contributed by atoms with Crippen molar-refractivity contribution in [2.24, 2.45) is 0 Å². The molecule has 3 aromatic rings. The maximum atomic E-state index is 12.6. The first-order chi connectivity index (χ1) is 15.2. The van der Waals surface area contributed by atoms with E-state index in [0.29, 0.717) is 37.3 Å². The number of rotatable bonds is 7. The summed E-state index contributed by atoms with van der Waals surface area (Å²) in [5, 5.41) is 9.47. The second-order valence-electron chi connectivity index (χ2n) is 6.85. The van der Waals surface area contributed by atoms with Gasteiger partial charge in [0.2, 0.25) is 5.91 Å². The lowest BCUT2D eigenvalue weighted by Crippen LogP contribution is -2.41. The number of aromatic nitrogens is 3. The summed E-state index contributed by atoms with van der Waals surface area (Å²) in [7, 11) is 3.26. The first kappa shape index (κ1) is 21.2. The molecule has 9 heteroatoms. The molecule has 162 valence electrons. The lowest BCUT2D eigenvalue weighted by Gasteiger charge is -2.26. The molecule has 0 radical (unpaired) electrons. The third-order valence-electron chi connectivity index (χ3n) is 4.98. The second-order valence-corrected chi connectivity index (χ2v) is 7.80. The molecule has 0 spiro atoms. The van der Waals surface area contributed by atoms with Gasteiger partial charge in [-0.2, -0.15) is 0 Å². The van der Waals surface area contributed by atoms with Crippen molar-refractivity contribution in [3.63, 3.8) is 0 Å².